The third-order valence-electron chi connectivity index (χ3n) is 7.46. The lowest BCUT2D eigenvalue weighted by molar-refractivity contribution is -0.118. The summed E-state index contributed by atoms with van der Waals surface area (Å²) in [4.78, 5) is 42.7. The van der Waals surface area contributed by atoms with Crippen molar-refractivity contribution in [2.45, 2.75) is 65.0 Å². The van der Waals surface area contributed by atoms with Gasteiger partial charge in [-0.3, -0.25) is 9.59 Å². The van der Waals surface area contributed by atoms with Crippen molar-refractivity contribution in [3.05, 3.63) is 59.4 Å². The van der Waals surface area contributed by atoms with Crippen LogP contribution in [0.2, 0.25) is 0 Å². The number of nitrogens with one attached hydrogen (secondary N) is 3. The Labute approximate surface area is 230 Å². The Morgan fingerprint density at radius 1 is 0.923 bits per heavy atom. The molecule has 2 aromatic carbocycles. The quantitative estimate of drug-likeness (QED) is 0.468. The molecule has 4 rings (SSSR count). The van der Waals surface area contributed by atoms with E-state index in [2.05, 4.69) is 20.9 Å². The molecule has 8 nitrogen and oxygen atoms in total. The standard InChI is InChI=1S/C30H40FN5O3/c1-21(2)28(37)33-25-13-14-27(26(19-25)29(38)32-20-22-9-11-23(31)12-10-22)35-15-6-16-36(18-17-35)30(39)34-24-7-4-3-5-8-24/h9-14,19,21,24H,3-8,15-18,20H2,1-2H3,(H,32,38)(H,33,37)(H,34,39). The van der Waals surface area contributed by atoms with E-state index < -0.39 is 0 Å². The number of rotatable bonds is 7. The molecule has 210 valence electrons. The number of benzene rings is 2. The van der Waals surface area contributed by atoms with Crippen molar-refractivity contribution >= 4 is 29.2 Å². The van der Waals surface area contributed by atoms with E-state index in [-0.39, 0.29) is 42.2 Å². The highest BCUT2D eigenvalue weighted by Gasteiger charge is 2.25. The van der Waals surface area contributed by atoms with Gasteiger partial charge in [0.05, 0.1) is 5.56 Å². The second-order valence-electron chi connectivity index (χ2n) is 10.8. The lowest BCUT2D eigenvalue weighted by atomic mass is 9.96. The fraction of sp³-hybridized carbons (Fsp3) is 0.500. The fourth-order valence-corrected chi connectivity index (χ4v) is 5.11. The highest BCUT2D eigenvalue weighted by molar-refractivity contribution is 6.02. The molecule has 1 aliphatic carbocycles. The topological polar surface area (TPSA) is 93.8 Å². The van der Waals surface area contributed by atoms with Crippen LogP contribution in [0.15, 0.2) is 42.5 Å². The van der Waals surface area contributed by atoms with Gasteiger partial charge in [0.15, 0.2) is 0 Å². The number of hydrogen-bond acceptors (Lipinski definition) is 4. The number of carbonyl (C=O) groups is 3. The average Bonchev–Trinajstić information content (AvgIpc) is 3.19. The summed E-state index contributed by atoms with van der Waals surface area (Å²) in [6.07, 6.45) is 6.44. The molecule has 1 aliphatic heterocycles. The van der Waals surface area contributed by atoms with Crippen LogP contribution in [0.5, 0.6) is 0 Å². The molecule has 4 amide bonds. The van der Waals surface area contributed by atoms with Crippen LogP contribution < -0.4 is 20.9 Å². The molecule has 0 unspecified atom stereocenters. The molecule has 0 spiro atoms. The molecule has 1 saturated carbocycles. The highest BCUT2D eigenvalue weighted by atomic mass is 19.1. The van der Waals surface area contributed by atoms with E-state index in [0.29, 0.717) is 37.4 Å². The number of carbonyl (C=O) groups excluding carboxylic acids is 3. The van der Waals surface area contributed by atoms with Crippen molar-refractivity contribution < 1.29 is 18.8 Å². The van der Waals surface area contributed by atoms with Gasteiger partial charge in [0.25, 0.3) is 5.91 Å². The van der Waals surface area contributed by atoms with E-state index in [4.69, 9.17) is 0 Å². The molecule has 2 aromatic rings. The molecule has 3 N–H and O–H groups in total. The normalized spacial score (nSPS) is 16.5. The molecule has 0 atom stereocenters. The highest BCUT2D eigenvalue weighted by Crippen LogP contribution is 2.27. The zero-order valence-electron chi connectivity index (χ0n) is 23.0. The third-order valence-corrected chi connectivity index (χ3v) is 7.46. The number of nitrogens with zero attached hydrogens (tertiary/aromatic N) is 2. The van der Waals surface area contributed by atoms with Gasteiger partial charge in [0.1, 0.15) is 5.82 Å². The Morgan fingerprint density at radius 2 is 1.67 bits per heavy atom. The van der Waals surface area contributed by atoms with E-state index in [9.17, 15) is 18.8 Å². The van der Waals surface area contributed by atoms with Gasteiger partial charge in [-0.1, -0.05) is 45.2 Å². The van der Waals surface area contributed by atoms with Gasteiger partial charge in [0, 0.05) is 56.1 Å². The predicted molar refractivity (Wildman–Crippen MR) is 151 cm³/mol. The van der Waals surface area contributed by atoms with Gasteiger partial charge in [-0.25, -0.2) is 9.18 Å². The molecular formula is C30H40FN5O3. The lowest BCUT2D eigenvalue weighted by Gasteiger charge is -2.28. The Bertz CT molecular complexity index is 1150. The zero-order valence-corrected chi connectivity index (χ0v) is 23.0. The first-order valence-electron chi connectivity index (χ1n) is 14.1. The number of urea groups is 1. The summed E-state index contributed by atoms with van der Waals surface area (Å²) < 4.78 is 13.3. The molecule has 1 saturated heterocycles. The monoisotopic (exact) mass is 537 g/mol. The first-order chi connectivity index (χ1) is 18.8. The van der Waals surface area contributed by atoms with E-state index in [0.717, 1.165) is 30.5 Å². The number of halogens is 1. The minimum Gasteiger partial charge on any atom is -0.369 e. The summed E-state index contributed by atoms with van der Waals surface area (Å²) >= 11 is 0. The van der Waals surface area contributed by atoms with E-state index in [1.165, 1.54) is 31.4 Å². The molecule has 0 radical (unpaired) electrons. The van der Waals surface area contributed by atoms with Crippen LogP contribution in [0.3, 0.4) is 0 Å². The first kappa shape index (κ1) is 28.4. The van der Waals surface area contributed by atoms with Gasteiger partial charge in [0.2, 0.25) is 5.91 Å². The SMILES string of the molecule is CC(C)C(=O)Nc1ccc(N2CCCN(C(=O)NC3CCCCC3)CC2)c(C(=O)NCc2ccc(F)cc2)c1. The Hall–Kier alpha value is -3.62. The van der Waals surface area contributed by atoms with Crippen molar-refractivity contribution in [2.24, 2.45) is 5.92 Å². The van der Waals surface area contributed by atoms with Crippen LogP contribution in [0, 0.1) is 11.7 Å². The average molecular weight is 538 g/mol. The van der Waals surface area contributed by atoms with Crippen molar-refractivity contribution in [2.75, 3.05) is 36.4 Å². The number of hydrogen-bond donors (Lipinski definition) is 3. The van der Waals surface area contributed by atoms with Crippen LogP contribution >= 0.6 is 0 Å². The second kappa shape index (κ2) is 13.4. The number of amides is 4. The summed E-state index contributed by atoms with van der Waals surface area (Å²) in [7, 11) is 0. The molecular weight excluding hydrogens is 497 g/mol. The van der Waals surface area contributed by atoms with Crippen molar-refractivity contribution in [3.63, 3.8) is 0 Å². The summed E-state index contributed by atoms with van der Waals surface area (Å²) in [6, 6.07) is 11.6. The molecule has 1 heterocycles. The van der Waals surface area contributed by atoms with Gasteiger partial charge in [-0.05, 0) is 55.2 Å². The van der Waals surface area contributed by atoms with Crippen LogP contribution in [-0.2, 0) is 11.3 Å². The number of anilines is 2. The van der Waals surface area contributed by atoms with Crippen molar-refractivity contribution in [1.82, 2.24) is 15.5 Å². The van der Waals surface area contributed by atoms with E-state index >= 15 is 0 Å². The maximum Gasteiger partial charge on any atom is 0.317 e. The van der Waals surface area contributed by atoms with Crippen LogP contribution in [0.25, 0.3) is 0 Å². The predicted octanol–water partition coefficient (Wildman–Crippen LogP) is 4.90. The van der Waals surface area contributed by atoms with Crippen LogP contribution in [0.1, 0.15) is 68.3 Å². The molecule has 9 heteroatoms. The van der Waals surface area contributed by atoms with Gasteiger partial charge < -0.3 is 25.8 Å². The molecule has 39 heavy (non-hydrogen) atoms. The Kier molecular flexibility index (Phi) is 9.79. The second-order valence-corrected chi connectivity index (χ2v) is 10.8. The van der Waals surface area contributed by atoms with Gasteiger partial charge in [-0.15, -0.1) is 0 Å². The van der Waals surface area contributed by atoms with Gasteiger partial charge >= 0.3 is 6.03 Å². The maximum absolute atomic E-state index is 13.4. The van der Waals surface area contributed by atoms with Crippen molar-refractivity contribution in [3.8, 4) is 0 Å². The van der Waals surface area contributed by atoms with E-state index in [1.807, 2.05) is 30.9 Å². The summed E-state index contributed by atoms with van der Waals surface area (Å²) in [5.74, 6) is -0.943. The first-order valence-corrected chi connectivity index (χ1v) is 14.1. The largest absolute Gasteiger partial charge is 0.369 e. The van der Waals surface area contributed by atoms with Gasteiger partial charge in [-0.2, -0.15) is 0 Å². The summed E-state index contributed by atoms with van der Waals surface area (Å²) in [5.41, 5.74) is 2.53. The maximum atomic E-state index is 13.4. The molecule has 2 aliphatic rings. The Morgan fingerprint density at radius 3 is 2.38 bits per heavy atom. The molecule has 0 aromatic heterocycles. The smallest absolute Gasteiger partial charge is 0.317 e. The van der Waals surface area contributed by atoms with E-state index in [1.54, 1.807) is 18.2 Å². The molecule has 0 bridgehead atoms. The third kappa shape index (κ3) is 7.94. The lowest BCUT2D eigenvalue weighted by Crippen LogP contribution is -2.46. The molecule has 2 fully saturated rings. The zero-order chi connectivity index (χ0) is 27.8. The fourth-order valence-electron chi connectivity index (χ4n) is 5.11. The van der Waals surface area contributed by atoms with Crippen LogP contribution in [0.4, 0.5) is 20.6 Å². The minimum absolute atomic E-state index is 0.00670. The summed E-state index contributed by atoms with van der Waals surface area (Å²) in [6.45, 7) is 6.37. The minimum atomic E-state index is -0.330. The Balaban J connectivity index is 1.48. The summed E-state index contributed by atoms with van der Waals surface area (Å²) in [5, 5.41) is 9.02. The van der Waals surface area contributed by atoms with Crippen molar-refractivity contribution in [1.29, 1.82) is 0 Å². The van der Waals surface area contributed by atoms with Crippen LogP contribution in [-0.4, -0.2) is 55.0 Å².